The van der Waals surface area contributed by atoms with E-state index in [9.17, 15) is 13.2 Å². The minimum atomic E-state index is -3.69. The van der Waals surface area contributed by atoms with Crippen molar-refractivity contribution in [2.75, 3.05) is 20.3 Å². The van der Waals surface area contributed by atoms with Gasteiger partial charge in [-0.1, -0.05) is 13.0 Å². The molecule has 7 heteroatoms. The van der Waals surface area contributed by atoms with Crippen LogP contribution in [0.4, 0.5) is 0 Å². The number of hydrogen-bond donors (Lipinski definition) is 2. The molecule has 20 heavy (non-hydrogen) atoms. The minimum Gasteiger partial charge on any atom is -0.478 e. The van der Waals surface area contributed by atoms with Gasteiger partial charge in [0.15, 0.2) is 0 Å². The Morgan fingerprint density at radius 3 is 2.65 bits per heavy atom. The molecule has 112 valence electrons. The van der Waals surface area contributed by atoms with E-state index in [1.54, 1.807) is 0 Å². The molecule has 0 heterocycles. The van der Waals surface area contributed by atoms with Gasteiger partial charge >= 0.3 is 5.97 Å². The van der Waals surface area contributed by atoms with Crippen LogP contribution in [0.3, 0.4) is 0 Å². The SMILES string of the molecule is CCc1ccc(S(=O)(=O)NCCCOC)cc1C(=O)O. The Bertz CT molecular complexity index is 568. The van der Waals surface area contributed by atoms with E-state index < -0.39 is 16.0 Å². The lowest BCUT2D eigenvalue weighted by Gasteiger charge is -2.09. The maximum absolute atomic E-state index is 12.0. The van der Waals surface area contributed by atoms with Gasteiger partial charge in [0.25, 0.3) is 0 Å². The molecule has 1 aromatic carbocycles. The molecule has 0 unspecified atom stereocenters. The van der Waals surface area contributed by atoms with Crippen LogP contribution in [-0.2, 0) is 21.2 Å². The Labute approximate surface area is 118 Å². The number of carbonyl (C=O) groups is 1. The molecule has 6 nitrogen and oxygen atoms in total. The number of sulfonamides is 1. The maximum Gasteiger partial charge on any atom is 0.336 e. The summed E-state index contributed by atoms with van der Waals surface area (Å²) in [5.74, 6) is -1.13. The summed E-state index contributed by atoms with van der Waals surface area (Å²) in [7, 11) is -2.15. The van der Waals surface area contributed by atoms with E-state index >= 15 is 0 Å². The molecule has 0 amide bonds. The van der Waals surface area contributed by atoms with Gasteiger partial charge in [-0.2, -0.15) is 0 Å². The first-order valence-corrected chi connectivity index (χ1v) is 7.75. The van der Waals surface area contributed by atoms with Gasteiger partial charge < -0.3 is 9.84 Å². The predicted molar refractivity (Wildman–Crippen MR) is 74.5 cm³/mol. The van der Waals surface area contributed by atoms with Crippen molar-refractivity contribution in [1.82, 2.24) is 4.72 Å². The summed E-state index contributed by atoms with van der Waals surface area (Å²) in [4.78, 5) is 11.1. The molecule has 0 radical (unpaired) electrons. The average Bonchev–Trinajstić information content (AvgIpc) is 2.42. The van der Waals surface area contributed by atoms with Crippen LogP contribution in [-0.4, -0.2) is 39.8 Å². The molecular weight excluding hydrogens is 282 g/mol. The Kier molecular flexibility index (Phi) is 6.12. The van der Waals surface area contributed by atoms with E-state index in [1.165, 1.54) is 25.3 Å². The average molecular weight is 301 g/mol. The van der Waals surface area contributed by atoms with E-state index in [2.05, 4.69) is 4.72 Å². The summed E-state index contributed by atoms with van der Waals surface area (Å²) in [5.41, 5.74) is 0.628. The van der Waals surface area contributed by atoms with Crippen LogP contribution in [0, 0.1) is 0 Å². The quantitative estimate of drug-likeness (QED) is 0.705. The number of methoxy groups -OCH3 is 1. The summed E-state index contributed by atoms with van der Waals surface area (Å²) in [5, 5.41) is 9.10. The van der Waals surface area contributed by atoms with Crippen LogP contribution in [0.2, 0.25) is 0 Å². The Morgan fingerprint density at radius 2 is 2.10 bits per heavy atom. The fraction of sp³-hybridized carbons (Fsp3) is 0.462. The van der Waals surface area contributed by atoms with Crippen LogP contribution in [0.25, 0.3) is 0 Å². The number of hydrogen-bond acceptors (Lipinski definition) is 4. The predicted octanol–water partition coefficient (Wildman–Crippen LogP) is 1.26. The standard InChI is InChI=1S/C13H19NO5S/c1-3-10-5-6-11(9-12(10)13(15)16)20(17,18)14-7-4-8-19-2/h5-6,9,14H,3-4,7-8H2,1-2H3,(H,15,16). The third kappa shape index (κ3) is 4.29. The normalized spacial score (nSPS) is 11.5. The highest BCUT2D eigenvalue weighted by atomic mass is 32.2. The number of aromatic carboxylic acids is 1. The van der Waals surface area contributed by atoms with Gasteiger partial charge in [-0.15, -0.1) is 0 Å². The van der Waals surface area contributed by atoms with Gasteiger partial charge in [-0.3, -0.25) is 0 Å². The summed E-state index contributed by atoms with van der Waals surface area (Å²) < 4.78 is 31.3. The molecule has 0 saturated carbocycles. The zero-order chi connectivity index (χ0) is 15.2. The number of carboxylic acid groups (broad SMARTS) is 1. The van der Waals surface area contributed by atoms with E-state index in [4.69, 9.17) is 9.84 Å². The van der Waals surface area contributed by atoms with Crippen LogP contribution in [0.1, 0.15) is 29.3 Å². The second-order valence-electron chi connectivity index (χ2n) is 4.22. The first-order valence-electron chi connectivity index (χ1n) is 6.27. The van der Waals surface area contributed by atoms with Gasteiger partial charge in [0.1, 0.15) is 0 Å². The third-order valence-corrected chi connectivity index (χ3v) is 4.28. The van der Waals surface area contributed by atoms with Crippen molar-refractivity contribution in [3.8, 4) is 0 Å². The number of ether oxygens (including phenoxy) is 1. The Hall–Kier alpha value is -1.44. The van der Waals surface area contributed by atoms with Crippen LogP contribution >= 0.6 is 0 Å². The molecular formula is C13H19NO5S. The molecule has 2 N–H and O–H groups in total. The molecule has 0 bridgehead atoms. The zero-order valence-electron chi connectivity index (χ0n) is 11.5. The van der Waals surface area contributed by atoms with Crippen molar-refractivity contribution in [2.24, 2.45) is 0 Å². The molecule has 0 aliphatic carbocycles. The second kappa shape index (κ2) is 7.37. The molecule has 1 rings (SSSR count). The summed E-state index contributed by atoms with van der Waals surface area (Å²) in [6.45, 7) is 2.52. The maximum atomic E-state index is 12.0. The lowest BCUT2D eigenvalue weighted by Crippen LogP contribution is -2.26. The van der Waals surface area contributed by atoms with Crippen LogP contribution in [0.5, 0.6) is 0 Å². The highest BCUT2D eigenvalue weighted by Crippen LogP contribution is 2.17. The van der Waals surface area contributed by atoms with Crippen molar-refractivity contribution in [2.45, 2.75) is 24.7 Å². The zero-order valence-corrected chi connectivity index (χ0v) is 12.4. The van der Waals surface area contributed by atoms with Gasteiger partial charge in [-0.05, 0) is 30.5 Å². The smallest absolute Gasteiger partial charge is 0.336 e. The topological polar surface area (TPSA) is 92.7 Å². The van der Waals surface area contributed by atoms with Crippen molar-refractivity contribution >= 4 is 16.0 Å². The van der Waals surface area contributed by atoms with Gasteiger partial charge in [0.05, 0.1) is 10.5 Å². The van der Waals surface area contributed by atoms with Crippen molar-refractivity contribution in [3.63, 3.8) is 0 Å². The van der Waals surface area contributed by atoms with Gasteiger partial charge in [0, 0.05) is 20.3 Å². The molecule has 0 fully saturated rings. The molecule has 0 aliphatic rings. The Balaban J connectivity index is 2.95. The number of nitrogens with one attached hydrogen (secondary N) is 1. The van der Waals surface area contributed by atoms with E-state index in [-0.39, 0.29) is 17.0 Å². The first kappa shape index (κ1) is 16.6. The third-order valence-electron chi connectivity index (χ3n) is 2.82. The lowest BCUT2D eigenvalue weighted by atomic mass is 10.1. The molecule has 0 atom stereocenters. The van der Waals surface area contributed by atoms with E-state index in [1.807, 2.05) is 6.92 Å². The summed E-state index contributed by atoms with van der Waals surface area (Å²) >= 11 is 0. The fourth-order valence-corrected chi connectivity index (χ4v) is 2.84. The van der Waals surface area contributed by atoms with Crippen LogP contribution < -0.4 is 4.72 Å². The highest BCUT2D eigenvalue weighted by Gasteiger charge is 2.17. The molecule has 0 saturated heterocycles. The largest absolute Gasteiger partial charge is 0.478 e. The molecule has 0 aliphatic heterocycles. The number of rotatable bonds is 8. The van der Waals surface area contributed by atoms with E-state index in [0.29, 0.717) is 25.0 Å². The Morgan fingerprint density at radius 1 is 1.40 bits per heavy atom. The highest BCUT2D eigenvalue weighted by molar-refractivity contribution is 7.89. The summed E-state index contributed by atoms with van der Waals surface area (Å²) in [6, 6.07) is 4.15. The van der Waals surface area contributed by atoms with Crippen molar-refractivity contribution in [3.05, 3.63) is 29.3 Å². The number of benzene rings is 1. The monoisotopic (exact) mass is 301 g/mol. The van der Waals surface area contributed by atoms with Crippen LogP contribution in [0.15, 0.2) is 23.1 Å². The van der Waals surface area contributed by atoms with Crippen molar-refractivity contribution < 1.29 is 23.1 Å². The number of aryl methyl sites for hydroxylation is 1. The first-order chi connectivity index (χ1) is 9.42. The molecule has 1 aromatic rings. The van der Waals surface area contributed by atoms with E-state index in [0.717, 1.165) is 0 Å². The lowest BCUT2D eigenvalue weighted by molar-refractivity contribution is 0.0695. The summed E-state index contributed by atoms with van der Waals surface area (Å²) in [6.07, 6.45) is 1.08. The minimum absolute atomic E-state index is 0.0206. The molecule has 0 aromatic heterocycles. The second-order valence-corrected chi connectivity index (χ2v) is 5.99. The van der Waals surface area contributed by atoms with Gasteiger partial charge in [0.2, 0.25) is 10.0 Å². The molecule has 0 spiro atoms. The number of carboxylic acids is 1. The van der Waals surface area contributed by atoms with Gasteiger partial charge in [-0.25, -0.2) is 17.9 Å². The van der Waals surface area contributed by atoms with Crippen molar-refractivity contribution in [1.29, 1.82) is 0 Å². The fourth-order valence-electron chi connectivity index (χ4n) is 1.74.